The highest BCUT2D eigenvalue weighted by Gasteiger charge is 2.18. The number of benzene rings is 2. The maximum atomic E-state index is 12.4. The summed E-state index contributed by atoms with van der Waals surface area (Å²) in [5, 5.41) is 2.12. The molecule has 0 bridgehead atoms. The maximum Gasteiger partial charge on any atom is 0.271 e. The molecule has 3 rings (SSSR count). The Morgan fingerprint density at radius 1 is 0.905 bits per heavy atom. The van der Waals surface area contributed by atoms with Crippen LogP contribution in [0, 0.1) is 0 Å². The first kappa shape index (κ1) is 14.7. The van der Waals surface area contributed by atoms with E-state index in [4.69, 9.17) is 23.2 Å². The van der Waals surface area contributed by atoms with Crippen LogP contribution in [0.5, 0.6) is 0 Å². The fourth-order valence-electron chi connectivity index (χ4n) is 1.99. The highest BCUT2D eigenvalue weighted by Crippen LogP contribution is 2.32. The predicted molar refractivity (Wildman–Crippen MR) is 89.1 cm³/mol. The number of nitrogens with one attached hydrogen (secondary N) is 1. The summed E-state index contributed by atoms with van der Waals surface area (Å²) in [6.45, 7) is 0. The number of hydrogen-bond donors (Lipinski definition) is 1. The molecule has 0 aliphatic heterocycles. The third-order valence-corrected chi connectivity index (χ3v) is 6.35. The van der Waals surface area contributed by atoms with Gasteiger partial charge in [0, 0.05) is 15.8 Å². The van der Waals surface area contributed by atoms with Crippen LogP contribution >= 0.6 is 34.5 Å². The second-order valence-electron chi connectivity index (χ2n) is 4.30. The Bertz CT molecular complexity index is 920. The molecule has 0 saturated carbocycles. The summed E-state index contributed by atoms with van der Waals surface area (Å²) in [5.41, 5.74) is 0.486. The minimum Gasteiger partial charge on any atom is -0.278 e. The molecule has 21 heavy (non-hydrogen) atoms. The first-order chi connectivity index (χ1) is 9.97. The van der Waals surface area contributed by atoms with Crippen molar-refractivity contribution in [3.8, 4) is 0 Å². The Hall–Kier alpha value is -1.27. The monoisotopic (exact) mass is 357 g/mol. The highest BCUT2D eigenvalue weighted by molar-refractivity contribution is 7.94. The van der Waals surface area contributed by atoms with Gasteiger partial charge in [0.1, 0.15) is 4.21 Å². The largest absolute Gasteiger partial charge is 0.278 e. The molecule has 0 fully saturated rings. The number of rotatable bonds is 3. The van der Waals surface area contributed by atoms with Gasteiger partial charge in [-0.1, -0.05) is 47.5 Å². The van der Waals surface area contributed by atoms with E-state index in [1.807, 2.05) is 24.3 Å². The predicted octanol–water partition coefficient (Wildman–Crippen LogP) is 5.01. The topological polar surface area (TPSA) is 46.2 Å². The van der Waals surface area contributed by atoms with Crippen molar-refractivity contribution in [3.05, 3.63) is 57.9 Å². The average Bonchev–Trinajstić information content (AvgIpc) is 2.90. The number of halogens is 2. The van der Waals surface area contributed by atoms with Crippen LogP contribution in [0.4, 0.5) is 5.69 Å². The first-order valence-corrected chi connectivity index (χ1v) is 8.98. The van der Waals surface area contributed by atoms with E-state index in [0.717, 1.165) is 22.1 Å². The second-order valence-corrected chi connectivity index (χ2v) is 8.34. The number of anilines is 1. The van der Waals surface area contributed by atoms with Gasteiger partial charge in [-0.3, -0.25) is 4.72 Å². The molecule has 3 aromatic rings. The van der Waals surface area contributed by atoms with E-state index in [-0.39, 0.29) is 4.21 Å². The Balaban J connectivity index is 2.08. The molecule has 0 spiro atoms. The lowest BCUT2D eigenvalue weighted by atomic mass is 10.1. The van der Waals surface area contributed by atoms with Crippen molar-refractivity contribution in [2.75, 3.05) is 4.72 Å². The van der Waals surface area contributed by atoms with Gasteiger partial charge in [0.15, 0.2) is 0 Å². The third-order valence-electron chi connectivity index (χ3n) is 2.93. The highest BCUT2D eigenvalue weighted by atomic mass is 35.5. The summed E-state index contributed by atoms with van der Waals surface area (Å²) in [6, 6.07) is 13.7. The molecule has 108 valence electrons. The molecule has 0 aliphatic carbocycles. The average molecular weight is 358 g/mol. The van der Waals surface area contributed by atoms with Crippen LogP contribution in [0.25, 0.3) is 10.8 Å². The molecule has 0 amide bonds. The van der Waals surface area contributed by atoms with Crippen LogP contribution in [0.15, 0.2) is 52.7 Å². The van der Waals surface area contributed by atoms with Crippen LogP contribution in [-0.2, 0) is 10.0 Å². The lowest BCUT2D eigenvalue weighted by Crippen LogP contribution is -2.11. The first-order valence-electron chi connectivity index (χ1n) is 5.93. The van der Waals surface area contributed by atoms with E-state index in [2.05, 4.69) is 4.72 Å². The number of sulfonamides is 1. The van der Waals surface area contributed by atoms with Crippen LogP contribution in [-0.4, -0.2) is 8.42 Å². The number of thiophene rings is 1. The Kier molecular flexibility index (Phi) is 3.84. The molecule has 0 saturated heterocycles. The van der Waals surface area contributed by atoms with Gasteiger partial charge in [0.2, 0.25) is 0 Å². The van der Waals surface area contributed by atoms with E-state index in [1.165, 1.54) is 6.07 Å². The van der Waals surface area contributed by atoms with E-state index < -0.39 is 10.0 Å². The molecule has 3 nitrogen and oxygen atoms in total. The van der Waals surface area contributed by atoms with Crippen molar-refractivity contribution in [1.82, 2.24) is 0 Å². The summed E-state index contributed by atoms with van der Waals surface area (Å²) in [4.78, 5) is 0. The van der Waals surface area contributed by atoms with Crippen molar-refractivity contribution in [2.24, 2.45) is 0 Å². The fourth-order valence-corrected chi connectivity index (χ4v) is 4.78. The summed E-state index contributed by atoms with van der Waals surface area (Å²) in [7, 11) is -3.66. The van der Waals surface area contributed by atoms with Gasteiger partial charge in [-0.05, 0) is 24.3 Å². The molecular formula is C14H9Cl2NO2S2. The molecular weight excluding hydrogens is 349 g/mol. The normalized spacial score (nSPS) is 11.7. The maximum absolute atomic E-state index is 12.4. The van der Waals surface area contributed by atoms with Crippen molar-refractivity contribution in [1.29, 1.82) is 0 Å². The molecule has 1 aromatic heterocycles. The van der Waals surface area contributed by atoms with E-state index in [9.17, 15) is 8.42 Å². The van der Waals surface area contributed by atoms with Crippen molar-refractivity contribution in [2.45, 2.75) is 4.21 Å². The Morgan fingerprint density at radius 2 is 1.62 bits per heavy atom. The van der Waals surface area contributed by atoms with Gasteiger partial charge >= 0.3 is 0 Å². The van der Waals surface area contributed by atoms with Gasteiger partial charge < -0.3 is 0 Å². The SMILES string of the molecule is O=S(=O)(Nc1ccc(Cl)c2ccccc12)c1ccc(Cl)s1. The number of fused-ring (bicyclic) bond motifs is 1. The van der Waals surface area contributed by atoms with Crippen LogP contribution in [0.2, 0.25) is 9.36 Å². The molecule has 0 unspecified atom stereocenters. The molecule has 0 radical (unpaired) electrons. The van der Waals surface area contributed by atoms with Crippen LogP contribution in [0.1, 0.15) is 0 Å². The van der Waals surface area contributed by atoms with E-state index >= 15 is 0 Å². The molecule has 1 heterocycles. The second kappa shape index (κ2) is 5.50. The zero-order chi connectivity index (χ0) is 15.0. The minimum absolute atomic E-state index is 0.173. The standard InChI is InChI=1S/C14H9Cl2NO2S2/c15-11-5-6-12(10-4-2-1-3-9(10)11)17-21(18,19)14-8-7-13(16)20-14/h1-8,17H. The fraction of sp³-hybridized carbons (Fsp3) is 0. The summed E-state index contributed by atoms with van der Waals surface area (Å²) in [6.07, 6.45) is 0. The minimum atomic E-state index is -3.66. The van der Waals surface area contributed by atoms with Crippen molar-refractivity contribution in [3.63, 3.8) is 0 Å². The summed E-state index contributed by atoms with van der Waals surface area (Å²) < 4.78 is 27.9. The van der Waals surface area contributed by atoms with Crippen molar-refractivity contribution < 1.29 is 8.42 Å². The number of hydrogen-bond acceptors (Lipinski definition) is 3. The van der Waals surface area contributed by atoms with Gasteiger partial charge in [0.25, 0.3) is 10.0 Å². The lowest BCUT2D eigenvalue weighted by molar-refractivity contribution is 0.603. The van der Waals surface area contributed by atoms with Gasteiger partial charge in [-0.15, -0.1) is 11.3 Å². The van der Waals surface area contributed by atoms with Crippen molar-refractivity contribution >= 4 is 61.0 Å². The molecule has 7 heteroatoms. The molecule has 1 N–H and O–H groups in total. The van der Waals surface area contributed by atoms with E-state index in [0.29, 0.717) is 15.0 Å². The zero-order valence-corrected chi connectivity index (χ0v) is 13.7. The van der Waals surface area contributed by atoms with Crippen LogP contribution in [0.3, 0.4) is 0 Å². The molecule has 0 atom stereocenters. The van der Waals surface area contributed by atoms with Gasteiger partial charge in [-0.25, -0.2) is 8.42 Å². The van der Waals surface area contributed by atoms with Gasteiger partial charge in [0.05, 0.1) is 10.0 Å². The molecule has 2 aromatic carbocycles. The zero-order valence-electron chi connectivity index (χ0n) is 10.5. The third kappa shape index (κ3) is 2.87. The van der Waals surface area contributed by atoms with E-state index in [1.54, 1.807) is 18.2 Å². The summed E-state index contributed by atoms with van der Waals surface area (Å²) in [5.74, 6) is 0. The smallest absolute Gasteiger partial charge is 0.271 e. The Morgan fingerprint density at radius 3 is 2.29 bits per heavy atom. The summed E-state index contributed by atoms with van der Waals surface area (Å²) >= 11 is 12.9. The Labute approximate surface area is 136 Å². The molecule has 0 aliphatic rings. The quantitative estimate of drug-likeness (QED) is 0.715. The van der Waals surface area contributed by atoms with Gasteiger partial charge in [-0.2, -0.15) is 0 Å². The van der Waals surface area contributed by atoms with Crippen LogP contribution < -0.4 is 4.72 Å². The lowest BCUT2D eigenvalue weighted by Gasteiger charge is -2.10.